The summed E-state index contributed by atoms with van der Waals surface area (Å²) in [6.07, 6.45) is 0. The third-order valence-corrected chi connectivity index (χ3v) is 2.25. The molecule has 1 aromatic heterocycles. The summed E-state index contributed by atoms with van der Waals surface area (Å²) < 4.78 is 0. The first-order valence-corrected chi connectivity index (χ1v) is 4.77. The van der Waals surface area contributed by atoms with Crippen LogP contribution in [0.2, 0.25) is 0 Å². The Morgan fingerprint density at radius 3 is 2.38 bits per heavy atom. The van der Waals surface area contributed by atoms with Crippen molar-refractivity contribution < 1.29 is 4.79 Å². The zero-order chi connectivity index (χ0) is 11.5. The lowest BCUT2D eigenvalue weighted by molar-refractivity contribution is 0.100. The van der Waals surface area contributed by atoms with Crippen LogP contribution in [0.25, 0.3) is 11.3 Å². The molecule has 0 saturated carbocycles. The molecule has 80 valence electrons. The van der Waals surface area contributed by atoms with Crippen molar-refractivity contribution in [2.24, 2.45) is 5.73 Å². The number of benzene rings is 1. The molecule has 0 saturated heterocycles. The van der Waals surface area contributed by atoms with E-state index in [-0.39, 0.29) is 5.56 Å². The number of rotatable bonds is 2. The Kier molecular flexibility index (Phi) is 2.55. The molecule has 0 aliphatic rings. The van der Waals surface area contributed by atoms with Gasteiger partial charge in [-0.15, -0.1) is 0 Å². The van der Waals surface area contributed by atoms with E-state index in [9.17, 15) is 9.59 Å². The topological polar surface area (TPSA) is 76.0 Å². The Morgan fingerprint density at radius 2 is 1.75 bits per heavy atom. The Morgan fingerprint density at radius 1 is 1.06 bits per heavy atom. The molecule has 1 aromatic carbocycles. The van der Waals surface area contributed by atoms with Gasteiger partial charge in [0.1, 0.15) is 0 Å². The molecular weight excluding hydrogens is 204 g/mol. The molecule has 0 aliphatic carbocycles. The second-order valence-electron chi connectivity index (χ2n) is 3.34. The highest BCUT2D eigenvalue weighted by atomic mass is 16.1. The first-order chi connectivity index (χ1) is 7.68. The fourth-order valence-electron chi connectivity index (χ4n) is 1.51. The summed E-state index contributed by atoms with van der Waals surface area (Å²) in [5.74, 6) is -0.560. The van der Waals surface area contributed by atoms with Gasteiger partial charge in [0, 0.05) is 6.07 Å². The molecule has 4 nitrogen and oxygen atoms in total. The van der Waals surface area contributed by atoms with Crippen molar-refractivity contribution >= 4 is 5.91 Å². The number of aromatic nitrogens is 1. The molecule has 0 bridgehead atoms. The molecule has 3 N–H and O–H groups in total. The monoisotopic (exact) mass is 214 g/mol. The fraction of sp³-hybridized carbons (Fsp3) is 0. The highest BCUT2D eigenvalue weighted by Crippen LogP contribution is 2.18. The lowest BCUT2D eigenvalue weighted by Crippen LogP contribution is -2.16. The number of amides is 1. The van der Waals surface area contributed by atoms with E-state index in [1.54, 1.807) is 12.1 Å². The van der Waals surface area contributed by atoms with Crippen LogP contribution in [0.3, 0.4) is 0 Å². The van der Waals surface area contributed by atoms with E-state index in [2.05, 4.69) is 4.98 Å². The largest absolute Gasteiger partial charge is 0.366 e. The van der Waals surface area contributed by atoms with Gasteiger partial charge in [0.25, 0.3) is 5.91 Å². The SMILES string of the molecule is NC(=O)c1ccc(=O)[nH]c1-c1ccccc1. The molecule has 0 unspecified atom stereocenters. The third kappa shape index (κ3) is 1.86. The molecule has 2 rings (SSSR count). The molecule has 0 spiro atoms. The van der Waals surface area contributed by atoms with Gasteiger partial charge in [0.2, 0.25) is 5.56 Å². The van der Waals surface area contributed by atoms with Gasteiger partial charge in [-0.3, -0.25) is 9.59 Å². The zero-order valence-corrected chi connectivity index (χ0v) is 8.44. The summed E-state index contributed by atoms with van der Waals surface area (Å²) in [5, 5.41) is 0. The number of primary amides is 1. The van der Waals surface area contributed by atoms with E-state index in [1.807, 2.05) is 18.2 Å². The highest BCUT2D eigenvalue weighted by Gasteiger charge is 2.10. The second kappa shape index (κ2) is 4.02. The second-order valence-corrected chi connectivity index (χ2v) is 3.34. The van der Waals surface area contributed by atoms with E-state index < -0.39 is 5.91 Å². The number of aromatic amines is 1. The number of hydrogen-bond donors (Lipinski definition) is 2. The number of pyridine rings is 1. The average molecular weight is 214 g/mol. The van der Waals surface area contributed by atoms with Crippen LogP contribution >= 0.6 is 0 Å². The van der Waals surface area contributed by atoms with Crippen molar-refractivity contribution in [3.05, 3.63) is 58.4 Å². The van der Waals surface area contributed by atoms with E-state index in [1.165, 1.54) is 12.1 Å². The predicted octanol–water partition coefficient (Wildman–Crippen LogP) is 1.14. The molecule has 0 aliphatic heterocycles. The zero-order valence-electron chi connectivity index (χ0n) is 8.44. The molecule has 1 amide bonds. The Bertz CT molecular complexity index is 573. The summed E-state index contributed by atoms with van der Waals surface area (Å²) in [4.78, 5) is 25.1. The average Bonchev–Trinajstić information content (AvgIpc) is 2.29. The minimum atomic E-state index is -0.560. The minimum absolute atomic E-state index is 0.260. The molecule has 16 heavy (non-hydrogen) atoms. The quantitative estimate of drug-likeness (QED) is 0.786. The van der Waals surface area contributed by atoms with E-state index in [4.69, 9.17) is 5.73 Å². The van der Waals surface area contributed by atoms with Crippen molar-refractivity contribution in [1.82, 2.24) is 4.98 Å². The van der Waals surface area contributed by atoms with Crippen LogP contribution in [0.4, 0.5) is 0 Å². The summed E-state index contributed by atoms with van der Waals surface area (Å²) in [6.45, 7) is 0. The van der Waals surface area contributed by atoms with Gasteiger partial charge < -0.3 is 10.7 Å². The van der Waals surface area contributed by atoms with Crippen LogP contribution in [0.1, 0.15) is 10.4 Å². The summed E-state index contributed by atoms with van der Waals surface area (Å²) in [6, 6.07) is 11.8. The van der Waals surface area contributed by atoms with Crippen molar-refractivity contribution in [2.75, 3.05) is 0 Å². The Labute approximate surface area is 91.7 Å². The van der Waals surface area contributed by atoms with Crippen LogP contribution < -0.4 is 11.3 Å². The predicted molar refractivity (Wildman–Crippen MR) is 61.0 cm³/mol. The lowest BCUT2D eigenvalue weighted by atomic mass is 10.1. The minimum Gasteiger partial charge on any atom is -0.366 e. The van der Waals surface area contributed by atoms with E-state index in [0.29, 0.717) is 11.3 Å². The lowest BCUT2D eigenvalue weighted by Gasteiger charge is -2.05. The molecule has 2 aromatic rings. The molecular formula is C12H10N2O2. The van der Waals surface area contributed by atoms with Crippen molar-refractivity contribution in [2.45, 2.75) is 0 Å². The number of carbonyl (C=O) groups is 1. The van der Waals surface area contributed by atoms with Gasteiger partial charge in [-0.2, -0.15) is 0 Å². The Hall–Kier alpha value is -2.36. The van der Waals surface area contributed by atoms with E-state index in [0.717, 1.165) is 5.56 Å². The van der Waals surface area contributed by atoms with Gasteiger partial charge >= 0.3 is 0 Å². The van der Waals surface area contributed by atoms with Crippen molar-refractivity contribution in [1.29, 1.82) is 0 Å². The first kappa shape index (κ1) is 10.2. The number of carbonyl (C=O) groups excluding carboxylic acids is 1. The van der Waals surface area contributed by atoms with Crippen LogP contribution in [0.15, 0.2) is 47.3 Å². The van der Waals surface area contributed by atoms with Crippen molar-refractivity contribution in [3.8, 4) is 11.3 Å². The maximum Gasteiger partial charge on any atom is 0.250 e. The smallest absolute Gasteiger partial charge is 0.250 e. The maximum atomic E-state index is 11.2. The molecule has 0 fully saturated rings. The molecule has 1 heterocycles. The Balaban J connectivity index is 2.68. The van der Waals surface area contributed by atoms with Crippen LogP contribution in [-0.2, 0) is 0 Å². The first-order valence-electron chi connectivity index (χ1n) is 4.77. The number of H-pyrrole nitrogens is 1. The number of nitrogens with one attached hydrogen (secondary N) is 1. The van der Waals surface area contributed by atoms with E-state index >= 15 is 0 Å². The standard InChI is InChI=1S/C12H10N2O2/c13-12(16)9-6-7-10(15)14-11(9)8-4-2-1-3-5-8/h1-7H,(H2,13,16)(H,14,15). The number of nitrogens with two attached hydrogens (primary N) is 1. The summed E-state index contributed by atoms with van der Waals surface area (Å²) >= 11 is 0. The van der Waals surface area contributed by atoms with Gasteiger partial charge in [-0.25, -0.2) is 0 Å². The van der Waals surface area contributed by atoms with Gasteiger partial charge in [-0.1, -0.05) is 30.3 Å². The number of hydrogen-bond acceptors (Lipinski definition) is 2. The van der Waals surface area contributed by atoms with Gasteiger partial charge in [-0.05, 0) is 11.6 Å². The van der Waals surface area contributed by atoms with Gasteiger partial charge in [0.05, 0.1) is 11.3 Å². The van der Waals surface area contributed by atoms with Crippen LogP contribution in [-0.4, -0.2) is 10.9 Å². The maximum absolute atomic E-state index is 11.2. The van der Waals surface area contributed by atoms with Crippen LogP contribution in [0.5, 0.6) is 0 Å². The molecule has 0 radical (unpaired) electrons. The normalized spacial score (nSPS) is 10.0. The fourth-order valence-corrected chi connectivity index (χ4v) is 1.51. The summed E-state index contributed by atoms with van der Waals surface area (Å²) in [5.41, 5.74) is 6.51. The van der Waals surface area contributed by atoms with Crippen LogP contribution in [0, 0.1) is 0 Å². The molecule has 4 heteroatoms. The molecule has 0 atom stereocenters. The van der Waals surface area contributed by atoms with Crippen molar-refractivity contribution in [3.63, 3.8) is 0 Å². The third-order valence-electron chi connectivity index (χ3n) is 2.25. The van der Waals surface area contributed by atoms with Gasteiger partial charge in [0.15, 0.2) is 0 Å². The summed E-state index contributed by atoms with van der Waals surface area (Å²) in [7, 11) is 0. The highest BCUT2D eigenvalue weighted by molar-refractivity contribution is 5.98.